The van der Waals surface area contributed by atoms with Crippen LogP contribution in [-0.4, -0.2) is 31.3 Å². The lowest BCUT2D eigenvalue weighted by atomic mass is 10.3. The van der Waals surface area contributed by atoms with Gasteiger partial charge in [0.15, 0.2) is 0 Å². The van der Waals surface area contributed by atoms with Gasteiger partial charge in [-0.25, -0.2) is 4.79 Å². The van der Waals surface area contributed by atoms with Crippen LogP contribution >= 0.6 is 0 Å². The number of carbonyl (C=O) groups is 1. The van der Waals surface area contributed by atoms with E-state index in [-0.39, 0.29) is 18.6 Å². The number of hydrogen-bond acceptors (Lipinski definition) is 5. The van der Waals surface area contributed by atoms with E-state index in [2.05, 4.69) is 11.3 Å². The molecule has 0 aromatic carbocycles. The first kappa shape index (κ1) is 12.6. The number of ether oxygens (including phenoxy) is 1. The Bertz CT molecular complexity index is 364. The molecule has 0 saturated carbocycles. The highest BCUT2D eigenvalue weighted by Crippen LogP contribution is 1.95. The van der Waals surface area contributed by atoms with Gasteiger partial charge in [0.2, 0.25) is 0 Å². The second kappa shape index (κ2) is 5.36. The van der Waals surface area contributed by atoms with Crippen LogP contribution < -0.4 is 0 Å². The van der Waals surface area contributed by atoms with Crippen LogP contribution in [0.3, 0.4) is 0 Å². The minimum atomic E-state index is -4.03. The van der Waals surface area contributed by atoms with Crippen LogP contribution in [0, 0.1) is 11.3 Å². The Morgan fingerprint density at radius 3 is 2.57 bits per heavy atom. The van der Waals surface area contributed by atoms with Crippen molar-refractivity contribution >= 4 is 16.1 Å². The predicted octanol–water partition coefficient (Wildman–Crippen LogP) is -0.113. The molecule has 0 aliphatic rings. The average Bonchev–Trinajstić information content (AvgIpc) is 2.09. The largest absolute Gasteiger partial charge is 0.462 e. The molecule has 0 heterocycles. The Morgan fingerprint density at radius 1 is 1.57 bits per heavy atom. The first-order chi connectivity index (χ1) is 6.37. The number of hydrogen-bond donors (Lipinski definition) is 1. The van der Waals surface area contributed by atoms with E-state index in [0.29, 0.717) is 0 Å². The Labute approximate surface area is 81.5 Å². The summed E-state index contributed by atoms with van der Waals surface area (Å²) in [7, 11) is -4.03. The van der Waals surface area contributed by atoms with Gasteiger partial charge in [-0.15, -0.1) is 0 Å². The van der Waals surface area contributed by atoms with Crippen molar-refractivity contribution in [2.75, 3.05) is 12.4 Å². The highest BCUT2D eigenvalue weighted by Gasteiger charge is 2.08. The first-order valence-corrected chi connectivity index (χ1v) is 5.19. The maximum atomic E-state index is 10.7. The summed E-state index contributed by atoms with van der Waals surface area (Å²) in [5.41, 5.74) is -0.350. The fourth-order valence-electron chi connectivity index (χ4n) is 0.539. The molecule has 7 heteroatoms. The molecule has 0 fully saturated rings. The molecule has 6 nitrogen and oxygen atoms in total. The SMILES string of the molecule is C=C(C#N)C(=O)OCCCS(=O)(=O)O. The normalized spacial score (nSPS) is 10.3. The van der Waals surface area contributed by atoms with E-state index >= 15 is 0 Å². The van der Waals surface area contributed by atoms with Crippen LogP contribution in [0.2, 0.25) is 0 Å². The van der Waals surface area contributed by atoms with E-state index < -0.39 is 21.8 Å². The minimum Gasteiger partial charge on any atom is -0.462 e. The van der Waals surface area contributed by atoms with Gasteiger partial charge in [-0.3, -0.25) is 4.55 Å². The summed E-state index contributed by atoms with van der Waals surface area (Å²) in [4.78, 5) is 10.7. The third kappa shape index (κ3) is 6.16. The van der Waals surface area contributed by atoms with Crippen LogP contribution in [0.4, 0.5) is 0 Å². The van der Waals surface area contributed by atoms with Crippen molar-refractivity contribution in [1.29, 1.82) is 5.26 Å². The Hall–Kier alpha value is -1.39. The molecule has 0 amide bonds. The second-order valence-electron chi connectivity index (χ2n) is 2.37. The molecule has 0 aromatic heterocycles. The third-order valence-electron chi connectivity index (χ3n) is 1.16. The smallest absolute Gasteiger partial charge is 0.348 e. The first-order valence-electron chi connectivity index (χ1n) is 3.58. The number of nitrogens with zero attached hydrogens (tertiary/aromatic N) is 1. The third-order valence-corrected chi connectivity index (χ3v) is 1.97. The molecular formula is C7H9NO5S. The quantitative estimate of drug-likeness (QED) is 0.227. The number of rotatable bonds is 5. The lowest BCUT2D eigenvalue weighted by Crippen LogP contribution is -2.11. The van der Waals surface area contributed by atoms with Crippen LogP contribution in [0.25, 0.3) is 0 Å². The van der Waals surface area contributed by atoms with E-state index in [0.717, 1.165) is 0 Å². The van der Waals surface area contributed by atoms with E-state index in [1.54, 1.807) is 0 Å². The summed E-state index contributed by atoms with van der Waals surface area (Å²) < 4.78 is 33.2. The molecule has 0 saturated heterocycles. The molecule has 0 rings (SSSR count). The van der Waals surface area contributed by atoms with Gasteiger partial charge in [-0.1, -0.05) is 6.58 Å². The highest BCUT2D eigenvalue weighted by molar-refractivity contribution is 7.85. The van der Waals surface area contributed by atoms with Gasteiger partial charge in [-0.2, -0.15) is 13.7 Å². The number of carbonyl (C=O) groups excluding carboxylic acids is 1. The van der Waals surface area contributed by atoms with Crippen molar-refractivity contribution in [2.45, 2.75) is 6.42 Å². The molecule has 0 aliphatic carbocycles. The fourth-order valence-corrected chi connectivity index (χ4v) is 1.02. The van der Waals surface area contributed by atoms with E-state index in [1.165, 1.54) is 6.07 Å². The minimum absolute atomic E-state index is 0.0245. The summed E-state index contributed by atoms with van der Waals surface area (Å²) in [6.07, 6.45) is -0.0245. The molecule has 78 valence electrons. The van der Waals surface area contributed by atoms with Gasteiger partial charge in [0, 0.05) is 0 Å². The standard InChI is InChI=1S/C7H9NO5S/c1-6(5-8)7(9)13-3-2-4-14(10,11)12/h1-4H2,(H,10,11,12). The molecule has 0 radical (unpaired) electrons. The van der Waals surface area contributed by atoms with Gasteiger partial charge in [0.1, 0.15) is 11.6 Å². The van der Waals surface area contributed by atoms with E-state index in [4.69, 9.17) is 9.81 Å². The van der Waals surface area contributed by atoms with Crippen molar-refractivity contribution in [3.05, 3.63) is 12.2 Å². The van der Waals surface area contributed by atoms with Crippen LogP contribution in [0.1, 0.15) is 6.42 Å². The van der Waals surface area contributed by atoms with Crippen molar-refractivity contribution in [3.8, 4) is 6.07 Å². The fraction of sp³-hybridized carbons (Fsp3) is 0.429. The molecule has 14 heavy (non-hydrogen) atoms. The predicted molar refractivity (Wildman–Crippen MR) is 46.7 cm³/mol. The highest BCUT2D eigenvalue weighted by atomic mass is 32.2. The zero-order chi connectivity index (χ0) is 11.2. The lowest BCUT2D eigenvalue weighted by Gasteiger charge is -2.01. The van der Waals surface area contributed by atoms with Crippen LogP contribution in [0.15, 0.2) is 12.2 Å². The molecule has 1 N–H and O–H groups in total. The Balaban J connectivity index is 3.73. The summed E-state index contributed by atoms with van der Waals surface area (Å²) in [5.74, 6) is -1.37. The summed E-state index contributed by atoms with van der Waals surface area (Å²) in [6, 6.07) is 1.49. The summed E-state index contributed by atoms with van der Waals surface area (Å²) in [6.45, 7) is 2.92. The van der Waals surface area contributed by atoms with Gasteiger partial charge >= 0.3 is 5.97 Å². The van der Waals surface area contributed by atoms with Gasteiger partial charge < -0.3 is 4.74 Å². The monoisotopic (exact) mass is 219 g/mol. The maximum Gasteiger partial charge on any atom is 0.348 e. The van der Waals surface area contributed by atoms with Gasteiger partial charge in [0.25, 0.3) is 10.1 Å². The van der Waals surface area contributed by atoms with Gasteiger partial charge in [0.05, 0.1) is 12.4 Å². The van der Waals surface area contributed by atoms with E-state index in [1.807, 2.05) is 0 Å². The molecular weight excluding hydrogens is 210 g/mol. The molecule has 0 aromatic rings. The van der Waals surface area contributed by atoms with Crippen LogP contribution in [-0.2, 0) is 19.6 Å². The lowest BCUT2D eigenvalue weighted by molar-refractivity contribution is -0.138. The Morgan fingerprint density at radius 2 is 2.14 bits per heavy atom. The topological polar surface area (TPSA) is 104 Å². The van der Waals surface area contributed by atoms with Crippen molar-refractivity contribution in [2.24, 2.45) is 0 Å². The maximum absolute atomic E-state index is 10.7. The number of esters is 1. The summed E-state index contributed by atoms with van der Waals surface area (Å²) in [5, 5.41) is 8.20. The van der Waals surface area contributed by atoms with Crippen molar-refractivity contribution in [1.82, 2.24) is 0 Å². The number of nitriles is 1. The zero-order valence-electron chi connectivity index (χ0n) is 7.26. The average molecular weight is 219 g/mol. The van der Waals surface area contributed by atoms with Crippen molar-refractivity contribution < 1.29 is 22.5 Å². The van der Waals surface area contributed by atoms with Crippen LogP contribution in [0.5, 0.6) is 0 Å². The molecule has 0 aliphatic heterocycles. The molecule has 0 atom stereocenters. The molecule has 0 spiro atoms. The van der Waals surface area contributed by atoms with Crippen molar-refractivity contribution in [3.63, 3.8) is 0 Å². The van der Waals surface area contributed by atoms with E-state index in [9.17, 15) is 13.2 Å². The second-order valence-corrected chi connectivity index (χ2v) is 3.94. The van der Waals surface area contributed by atoms with Gasteiger partial charge in [-0.05, 0) is 6.42 Å². The Kier molecular flexibility index (Phi) is 4.83. The zero-order valence-corrected chi connectivity index (χ0v) is 8.08. The summed E-state index contributed by atoms with van der Waals surface area (Å²) >= 11 is 0. The molecule has 0 unspecified atom stereocenters. The molecule has 0 bridgehead atoms.